The highest BCUT2D eigenvalue weighted by Gasteiger charge is 2.40. The lowest BCUT2D eigenvalue weighted by molar-refractivity contribution is -0.140. The Morgan fingerprint density at radius 2 is 1.17 bits per heavy atom. The lowest BCUT2D eigenvalue weighted by Gasteiger charge is -2.34. The molecule has 6 N–H and O–H groups in total. The number of unbranched alkanes of at least 4 members (excludes halogenated alkanes) is 2. The summed E-state index contributed by atoms with van der Waals surface area (Å²) in [7, 11) is 0. The maximum absolute atomic E-state index is 13.7. The SMILES string of the molecule is Cc1ccc(CCCC(=O)NCCCCC(CNC(=O)CN2CCN(CC(=O)O)CCN(CC(=O)O)CCN(CC(=O)O)CC2)SC2CC(=O)N(CCCC(=O)N3CCN(CCCCO)CC3)C2=O)cc1. The predicted octanol–water partition coefficient (Wildman–Crippen LogP) is 0.122. The molecule has 3 heterocycles. The van der Waals surface area contributed by atoms with Gasteiger partial charge in [-0.25, -0.2) is 0 Å². The van der Waals surface area contributed by atoms with Crippen LogP contribution in [0.15, 0.2) is 24.3 Å². The van der Waals surface area contributed by atoms with Gasteiger partial charge in [0, 0.05) is 129 Å². The van der Waals surface area contributed by atoms with Gasteiger partial charge in [-0.2, -0.15) is 0 Å². The van der Waals surface area contributed by atoms with E-state index in [4.69, 9.17) is 5.11 Å². The van der Waals surface area contributed by atoms with Crippen LogP contribution in [0.3, 0.4) is 0 Å². The molecule has 3 saturated heterocycles. The zero-order chi connectivity index (χ0) is 51.5. The van der Waals surface area contributed by atoms with Crippen molar-refractivity contribution in [2.75, 3.05) is 138 Å². The van der Waals surface area contributed by atoms with E-state index < -0.39 is 23.2 Å². The van der Waals surface area contributed by atoms with Gasteiger partial charge in [-0.1, -0.05) is 36.2 Å². The van der Waals surface area contributed by atoms with Gasteiger partial charge in [-0.3, -0.25) is 67.8 Å². The highest BCUT2D eigenvalue weighted by Crippen LogP contribution is 2.31. The van der Waals surface area contributed by atoms with Crippen molar-refractivity contribution in [1.29, 1.82) is 0 Å². The third kappa shape index (κ3) is 23.6. The van der Waals surface area contributed by atoms with Crippen molar-refractivity contribution in [2.45, 2.75) is 88.1 Å². The highest BCUT2D eigenvalue weighted by atomic mass is 32.2. The van der Waals surface area contributed by atoms with Gasteiger partial charge in [-0.05, 0) is 64.0 Å². The molecule has 0 radical (unpaired) electrons. The van der Waals surface area contributed by atoms with E-state index in [1.54, 1.807) is 14.7 Å². The number of carboxylic acids is 3. The van der Waals surface area contributed by atoms with Crippen molar-refractivity contribution < 1.29 is 58.8 Å². The number of carboxylic acid groups (broad SMARTS) is 3. The van der Waals surface area contributed by atoms with Crippen LogP contribution in [0.1, 0.15) is 75.3 Å². The monoisotopic (exact) mass is 1020 g/mol. The van der Waals surface area contributed by atoms with Crippen LogP contribution < -0.4 is 10.6 Å². The maximum atomic E-state index is 13.7. The number of aliphatic hydroxyl groups excluding tert-OH is 1. The molecule has 0 aliphatic carbocycles. The van der Waals surface area contributed by atoms with Gasteiger partial charge in [0.05, 0.1) is 31.4 Å². The van der Waals surface area contributed by atoms with Gasteiger partial charge in [0.1, 0.15) is 0 Å². The maximum Gasteiger partial charge on any atom is 0.317 e. The second-order valence-electron chi connectivity index (χ2n) is 18.9. The third-order valence-corrected chi connectivity index (χ3v) is 14.6. The average molecular weight is 1020 g/mol. The Morgan fingerprint density at radius 3 is 1.72 bits per heavy atom. The fourth-order valence-corrected chi connectivity index (χ4v) is 10.4. The number of hydrogen-bond donors (Lipinski definition) is 6. The van der Waals surface area contributed by atoms with Crippen LogP contribution in [0.4, 0.5) is 0 Å². The van der Waals surface area contributed by atoms with E-state index in [9.17, 15) is 53.7 Å². The molecule has 1 aromatic carbocycles. The number of piperazine rings is 1. The van der Waals surface area contributed by atoms with Crippen LogP contribution in [0, 0.1) is 6.92 Å². The molecular weight excluding hydrogens is 939 g/mol. The van der Waals surface area contributed by atoms with E-state index in [1.165, 1.54) is 27.8 Å². The van der Waals surface area contributed by atoms with Crippen molar-refractivity contribution in [2.24, 2.45) is 0 Å². The van der Waals surface area contributed by atoms with Crippen LogP contribution in [0.5, 0.6) is 0 Å². The van der Waals surface area contributed by atoms with Crippen LogP contribution in [0.25, 0.3) is 0 Å². The van der Waals surface area contributed by atoms with Crippen molar-refractivity contribution in [3.63, 3.8) is 0 Å². The van der Waals surface area contributed by atoms with E-state index in [0.717, 1.165) is 45.3 Å². The minimum atomic E-state index is -1.05. The second-order valence-corrected chi connectivity index (χ2v) is 20.4. The molecule has 0 spiro atoms. The molecule has 3 aliphatic rings. The number of hydrogen-bond acceptors (Lipinski definition) is 15. The number of carbonyl (C=O) groups is 8. The molecule has 5 amide bonds. The van der Waals surface area contributed by atoms with E-state index in [2.05, 4.69) is 39.8 Å². The highest BCUT2D eigenvalue weighted by molar-refractivity contribution is 8.01. The molecule has 71 heavy (non-hydrogen) atoms. The topological polar surface area (TPSA) is 264 Å². The Kier molecular flexibility index (Phi) is 26.8. The van der Waals surface area contributed by atoms with Gasteiger partial charge in [0.25, 0.3) is 0 Å². The first-order valence-electron chi connectivity index (χ1n) is 25.3. The normalized spacial score (nSPS) is 19.0. The average Bonchev–Trinajstić information content (AvgIpc) is 3.58. The van der Waals surface area contributed by atoms with Crippen LogP contribution in [0.2, 0.25) is 0 Å². The first-order valence-corrected chi connectivity index (χ1v) is 26.3. The van der Waals surface area contributed by atoms with Crippen molar-refractivity contribution >= 4 is 59.2 Å². The lowest BCUT2D eigenvalue weighted by atomic mass is 10.1. The predicted molar refractivity (Wildman–Crippen MR) is 268 cm³/mol. The van der Waals surface area contributed by atoms with Crippen LogP contribution in [-0.4, -0.2) is 250 Å². The number of amides is 5. The fraction of sp³-hybridized carbons (Fsp3) is 0.714. The van der Waals surface area contributed by atoms with Crippen LogP contribution in [-0.2, 0) is 44.8 Å². The summed E-state index contributed by atoms with van der Waals surface area (Å²) in [6.07, 6.45) is 6.07. The molecule has 21 nitrogen and oxygen atoms in total. The Morgan fingerprint density at radius 1 is 0.620 bits per heavy atom. The van der Waals surface area contributed by atoms with Crippen molar-refractivity contribution in [3.05, 3.63) is 35.4 Å². The number of likely N-dealkylation sites (tertiary alicyclic amines) is 1. The molecule has 1 aromatic rings. The number of aliphatic hydroxyl groups is 1. The minimum absolute atomic E-state index is 0.000308. The molecule has 4 rings (SSSR count). The van der Waals surface area contributed by atoms with Gasteiger partial charge in [0.2, 0.25) is 29.5 Å². The summed E-state index contributed by atoms with van der Waals surface area (Å²) >= 11 is 1.34. The molecule has 398 valence electrons. The molecule has 0 saturated carbocycles. The minimum Gasteiger partial charge on any atom is -0.480 e. The summed E-state index contributed by atoms with van der Waals surface area (Å²) in [5, 5.41) is 42.8. The number of rotatable bonds is 29. The smallest absolute Gasteiger partial charge is 0.317 e. The van der Waals surface area contributed by atoms with Gasteiger partial charge < -0.3 is 36.0 Å². The number of aryl methyl sites for hydroxylation is 2. The van der Waals surface area contributed by atoms with E-state index in [0.29, 0.717) is 51.7 Å². The molecule has 22 heteroatoms. The van der Waals surface area contributed by atoms with Crippen LogP contribution >= 0.6 is 11.8 Å². The Labute approximate surface area is 422 Å². The standard InChI is InChI=1S/C49H79N9O12S/c1-38-12-14-39(15-13-38)8-6-10-42(60)50-16-3-2-9-40(71-41-32-45(63)58(49(41)70)18-7-11-44(62)57-29-27-52(28-30-57)17-4-5-31-59)33-51-43(61)34-53-19-21-54(35-46(64)65)23-25-56(37-48(68)69)26-24-55(22-20-53)36-47(66)67/h12-15,40-41,59H,2-11,16-37H2,1H3,(H,50,60)(H,51,61)(H,64,65)(H,66,67)(H,68,69). The number of nitrogens with zero attached hydrogens (tertiary/aromatic N) is 7. The zero-order valence-corrected chi connectivity index (χ0v) is 42.5. The Hall–Kier alpha value is -4.71. The summed E-state index contributed by atoms with van der Waals surface area (Å²) in [5.41, 5.74) is 2.37. The summed E-state index contributed by atoms with van der Waals surface area (Å²) in [5.74, 6) is -4.13. The summed E-state index contributed by atoms with van der Waals surface area (Å²) in [6, 6.07) is 8.26. The number of imide groups is 1. The molecule has 0 aromatic heterocycles. The Bertz CT molecular complexity index is 1840. The molecular formula is C49H79N9O12S. The van der Waals surface area contributed by atoms with E-state index >= 15 is 0 Å². The van der Waals surface area contributed by atoms with Gasteiger partial charge >= 0.3 is 17.9 Å². The molecule has 3 aliphatic heterocycles. The largest absolute Gasteiger partial charge is 0.480 e. The molecule has 0 bridgehead atoms. The summed E-state index contributed by atoms with van der Waals surface area (Å²) < 4.78 is 0. The zero-order valence-electron chi connectivity index (χ0n) is 41.7. The van der Waals surface area contributed by atoms with Crippen molar-refractivity contribution in [3.8, 4) is 0 Å². The third-order valence-electron chi connectivity index (χ3n) is 13.1. The number of thioether (sulfide) groups is 1. The first-order chi connectivity index (χ1) is 34.1. The number of nitrogens with one attached hydrogen (secondary N) is 2. The van der Waals surface area contributed by atoms with E-state index in [1.807, 2.05) is 16.7 Å². The lowest BCUT2D eigenvalue weighted by Crippen LogP contribution is -2.50. The number of aliphatic carboxylic acids is 3. The summed E-state index contributed by atoms with van der Waals surface area (Å²) in [6.45, 7) is 7.76. The second kappa shape index (κ2) is 32.4. The van der Waals surface area contributed by atoms with Crippen molar-refractivity contribution in [1.82, 2.24) is 44.9 Å². The van der Waals surface area contributed by atoms with Gasteiger partial charge in [0.15, 0.2) is 0 Å². The molecule has 2 atom stereocenters. The number of carbonyl (C=O) groups excluding carboxylic acids is 5. The summed E-state index contributed by atoms with van der Waals surface area (Å²) in [4.78, 5) is 114. The fourth-order valence-electron chi connectivity index (χ4n) is 8.95. The van der Waals surface area contributed by atoms with Gasteiger partial charge in [-0.15, -0.1) is 11.8 Å². The van der Waals surface area contributed by atoms with E-state index in [-0.39, 0.29) is 146 Å². The first kappa shape index (κ1) is 58.9. The Balaban J connectivity index is 1.33. The molecule has 3 fully saturated rings. The number of benzene rings is 1. The molecule has 2 unspecified atom stereocenters. The quantitative estimate of drug-likeness (QED) is 0.0460.